The monoisotopic (exact) mass is 690 g/mol. The molecule has 0 atom stereocenters. The number of nitrogen functional groups attached to an aromatic ring is 1. The minimum atomic E-state index is -0.538. The molecular formula is C29H25B6Cl5N2O3. The van der Waals surface area contributed by atoms with Crippen LogP contribution in [0.1, 0.15) is 38.8 Å². The van der Waals surface area contributed by atoms with Crippen molar-refractivity contribution in [3.8, 4) is 0 Å². The molecule has 0 aliphatic carbocycles. The van der Waals surface area contributed by atoms with Gasteiger partial charge in [0.1, 0.15) is 0 Å². The summed E-state index contributed by atoms with van der Waals surface area (Å²) in [5, 5.41) is 12.4. The smallest absolute Gasteiger partial charge is 0.255 e. The summed E-state index contributed by atoms with van der Waals surface area (Å²) in [6, 6.07) is 24.2. The highest BCUT2D eigenvalue weighted by Crippen LogP contribution is 2.24. The fourth-order valence-corrected chi connectivity index (χ4v) is 3.62. The molecule has 5 nitrogen and oxygen atoms in total. The Labute approximate surface area is 298 Å². The summed E-state index contributed by atoms with van der Waals surface area (Å²) < 4.78 is 0. The fourth-order valence-electron chi connectivity index (χ4n) is 2.91. The molecule has 0 aliphatic heterocycles. The van der Waals surface area contributed by atoms with Crippen LogP contribution in [0.3, 0.4) is 0 Å². The highest BCUT2D eigenvalue weighted by molar-refractivity contribution is 7.17. The van der Waals surface area contributed by atoms with Gasteiger partial charge in [-0.25, -0.2) is 0 Å². The van der Waals surface area contributed by atoms with Gasteiger partial charge in [-0.2, -0.15) is 0 Å². The minimum absolute atomic E-state index is 0. The molecule has 4 rings (SSSR count). The molecule has 0 aliphatic rings. The zero-order valence-electron chi connectivity index (χ0n) is 24.2. The highest BCUT2D eigenvalue weighted by atomic mass is 35.5. The molecule has 0 spiro atoms. The molecule has 0 unspecified atom stereocenters. The van der Waals surface area contributed by atoms with Crippen molar-refractivity contribution in [1.29, 1.82) is 0 Å². The van der Waals surface area contributed by atoms with Gasteiger partial charge in [0.2, 0.25) is 0 Å². The van der Waals surface area contributed by atoms with Crippen molar-refractivity contribution in [3.63, 3.8) is 0 Å². The van der Waals surface area contributed by atoms with Crippen molar-refractivity contribution in [2.45, 2.75) is 20.0 Å². The maximum absolute atomic E-state index is 12.0. The number of hydrogen-bond donors (Lipinski definition) is 3. The van der Waals surface area contributed by atoms with E-state index in [0.717, 1.165) is 30.4 Å². The Morgan fingerprint density at radius 1 is 0.756 bits per heavy atom. The number of nitrogens with two attached hydrogens (primary N) is 1. The van der Waals surface area contributed by atoms with Gasteiger partial charge in [-0.05, 0) is 89.8 Å². The van der Waals surface area contributed by atoms with Gasteiger partial charge in [0, 0.05) is 68.9 Å². The van der Waals surface area contributed by atoms with E-state index in [-0.39, 0.29) is 20.9 Å². The van der Waals surface area contributed by atoms with Crippen LogP contribution in [-0.2, 0) is 13.0 Å². The number of aliphatic hydroxyl groups excluding tert-OH is 1. The van der Waals surface area contributed by atoms with E-state index in [0.29, 0.717) is 31.2 Å². The van der Waals surface area contributed by atoms with E-state index < -0.39 is 5.24 Å². The van der Waals surface area contributed by atoms with Crippen LogP contribution in [0.25, 0.3) is 0 Å². The van der Waals surface area contributed by atoms with Gasteiger partial charge in [-0.15, -0.1) is 0 Å². The zero-order valence-corrected chi connectivity index (χ0v) is 28.0. The molecule has 0 bridgehead atoms. The van der Waals surface area contributed by atoms with E-state index in [4.69, 9.17) is 68.8 Å². The van der Waals surface area contributed by atoms with Crippen molar-refractivity contribution in [2.24, 2.45) is 0 Å². The number of halogens is 5. The number of amides is 1. The van der Waals surface area contributed by atoms with Gasteiger partial charge in [-0.3, -0.25) is 9.59 Å². The van der Waals surface area contributed by atoms with Crippen molar-refractivity contribution in [1.82, 2.24) is 0 Å². The second kappa shape index (κ2) is 25.8. The summed E-state index contributed by atoms with van der Waals surface area (Å²) in [7, 11) is 18.0. The Morgan fingerprint density at radius 3 is 1.58 bits per heavy atom. The Bertz CT molecular complexity index is 1440. The first-order valence-corrected chi connectivity index (χ1v) is 14.4. The molecule has 0 heterocycles. The van der Waals surface area contributed by atoms with Crippen LogP contribution in [0.4, 0.5) is 11.4 Å². The molecule has 4 N–H and O–H groups in total. The SMILES string of the molecule is CCc1ccc(NC(=O)c2ccc(Cl)c(Cl)c2)cc1.Nc1ccc(CO)cc1.O=C(Cl)c1ccc(Cl)c(Cl)c1.[B].[B][B].[B][B][B]. The van der Waals surface area contributed by atoms with Crippen molar-refractivity contribution < 1.29 is 14.7 Å². The van der Waals surface area contributed by atoms with Gasteiger partial charge in [0.25, 0.3) is 11.1 Å². The lowest BCUT2D eigenvalue weighted by Crippen LogP contribution is -2.11. The number of nitrogens with one attached hydrogen (secondary N) is 1. The molecule has 0 fully saturated rings. The molecule has 16 heteroatoms. The predicted octanol–water partition coefficient (Wildman–Crippen LogP) is 6.66. The van der Waals surface area contributed by atoms with Crippen molar-refractivity contribution >= 4 is 127 Å². The third kappa shape index (κ3) is 18.4. The van der Waals surface area contributed by atoms with Gasteiger partial charge >= 0.3 is 0 Å². The number of hydrogen-bond acceptors (Lipinski definition) is 4. The van der Waals surface area contributed by atoms with E-state index in [9.17, 15) is 9.59 Å². The summed E-state index contributed by atoms with van der Waals surface area (Å²) in [6.07, 6.45) is 0.973. The zero-order chi connectivity index (χ0) is 33.7. The minimum Gasteiger partial charge on any atom is -0.399 e. The summed E-state index contributed by atoms with van der Waals surface area (Å²) in [5.41, 5.74) is 9.84. The normalized spacial score (nSPS) is 8.96. The van der Waals surface area contributed by atoms with E-state index in [1.807, 2.05) is 24.3 Å². The first-order valence-electron chi connectivity index (χ1n) is 12.5. The van der Waals surface area contributed by atoms with Crippen LogP contribution in [0.15, 0.2) is 84.9 Å². The van der Waals surface area contributed by atoms with Crippen molar-refractivity contribution in [3.05, 3.63) is 127 Å². The maximum atomic E-state index is 12.0. The average molecular weight is 692 g/mol. The van der Waals surface area contributed by atoms with E-state index in [1.54, 1.807) is 42.5 Å². The number of benzene rings is 4. The van der Waals surface area contributed by atoms with Crippen LogP contribution in [0, 0.1) is 0 Å². The summed E-state index contributed by atoms with van der Waals surface area (Å²) in [4.78, 5) is 22.6. The lowest BCUT2D eigenvalue weighted by atomic mass is 9.40. The Kier molecular flexibility index (Phi) is 25.6. The molecule has 45 heavy (non-hydrogen) atoms. The standard InChI is InChI=1S/C15H13Cl2NO.C7H3Cl3O.C7H9NO.B3.B2.B/c1-2-10-3-6-12(7-4-10)18-15(19)11-5-8-13(16)14(17)9-11;8-5-2-1-4(7(10)11)3-6(5)9;8-7-3-1-6(5-9)2-4-7;1-3-2;1-2;/h3-9H,2H2,1H3,(H,18,19);1-3H;1-4,9H,5,8H2;;;. The Balaban J connectivity index is 0. The second-order valence-corrected chi connectivity index (χ2v) is 10.1. The molecule has 12 radical (unpaired) electrons. The van der Waals surface area contributed by atoms with Crippen LogP contribution in [0.5, 0.6) is 0 Å². The first kappa shape index (κ1) is 44.7. The second-order valence-electron chi connectivity index (χ2n) is 8.13. The largest absolute Gasteiger partial charge is 0.399 e. The lowest BCUT2D eigenvalue weighted by Gasteiger charge is -2.07. The number of anilines is 2. The average Bonchev–Trinajstić information content (AvgIpc) is 3.02. The third-order valence-corrected chi connectivity index (χ3v) is 6.81. The van der Waals surface area contributed by atoms with Gasteiger partial charge in [-0.1, -0.05) is 77.6 Å². The molecule has 0 saturated heterocycles. The van der Waals surface area contributed by atoms with E-state index in [1.165, 1.54) is 23.8 Å². The third-order valence-electron chi connectivity index (χ3n) is 5.11. The topological polar surface area (TPSA) is 92.4 Å². The molecule has 4 aromatic rings. The number of carbonyl (C=O) groups excluding carboxylic acids is 2. The summed E-state index contributed by atoms with van der Waals surface area (Å²) >= 11 is 28.1. The maximum Gasteiger partial charge on any atom is 0.255 e. The Hall–Kier alpha value is -2.38. The lowest BCUT2D eigenvalue weighted by molar-refractivity contribution is 0.102. The van der Waals surface area contributed by atoms with Gasteiger partial charge < -0.3 is 16.2 Å². The van der Waals surface area contributed by atoms with Crippen LogP contribution < -0.4 is 11.1 Å². The van der Waals surface area contributed by atoms with Crippen LogP contribution in [0.2, 0.25) is 20.1 Å². The van der Waals surface area contributed by atoms with Gasteiger partial charge in [0.05, 0.1) is 26.7 Å². The van der Waals surface area contributed by atoms with Crippen molar-refractivity contribution in [2.75, 3.05) is 11.1 Å². The number of carbonyl (C=O) groups is 2. The highest BCUT2D eigenvalue weighted by Gasteiger charge is 2.08. The van der Waals surface area contributed by atoms with E-state index >= 15 is 0 Å². The summed E-state index contributed by atoms with van der Waals surface area (Å²) in [6.45, 7) is 2.17. The molecule has 0 aromatic heterocycles. The fraction of sp³-hybridized carbons (Fsp3) is 0.103. The number of aliphatic hydroxyl groups is 1. The first-order chi connectivity index (χ1) is 20.9. The predicted molar refractivity (Wildman–Crippen MR) is 198 cm³/mol. The molecule has 222 valence electrons. The number of rotatable bonds is 5. The number of aryl methyl sites for hydroxylation is 1. The molecule has 1 amide bonds. The molecule has 4 aromatic carbocycles. The van der Waals surface area contributed by atoms with Crippen LogP contribution >= 0.6 is 58.0 Å². The van der Waals surface area contributed by atoms with Crippen LogP contribution in [-0.4, -0.2) is 62.7 Å². The quantitative estimate of drug-likeness (QED) is 0.124. The molecule has 0 saturated carbocycles. The molecular weight excluding hydrogens is 666 g/mol. The Morgan fingerprint density at radius 2 is 1.18 bits per heavy atom. The van der Waals surface area contributed by atoms with E-state index in [2.05, 4.69) is 43.2 Å². The van der Waals surface area contributed by atoms with Gasteiger partial charge in [0.15, 0.2) is 0 Å². The summed E-state index contributed by atoms with van der Waals surface area (Å²) in [5.74, 6) is -0.206.